The topological polar surface area (TPSA) is 76.2 Å². The highest BCUT2D eigenvalue weighted by Crippen LogP contribution is 2.32. The summed E-state index contributed by atoms with van der Waals surface area (Å²) < 4.78 is 39.8. The standard InChI is InChI=1S/C26H30F3N5O3/c1-17(2)23-24(36)32(14-19-10-7-11-20(12-19)26(27,28)29)15-21-33(23)22(35)16-31(3)34(21)25(37)30-13-18-8-5-4-6-9-18/h4-12,17,21,23H,13-16H2,1-3H3,(H,30,37)/t21-,23-/m0/s1. The first-order valence-corrected chi connectivity index (χ1v) is 12.1. The molecule has 198 valence electrons. The second kappa shape index (κ2) is 10.4. The molecule has 2 atom stereocenters. The van der Waals surface area contributed by atoms with E-state index in [-0.39, 0.29) is 43.9 Å². The third-order valence-corrected chi connectivity index (χ3v) is 6.63. The molecule has 0 bridgehead atoms. The number of piperazine rings is 1. The molecule has 0 unspecified atom stereocenters. The predicted molar refractivity (Wildman–Crippen MR) is 129 cm³/mol. The van der Waals surface area contributed by atoms with Crippen LogP contribution in [0.3, 0.4) is 0 Å². The number of hydrogen-bond donors (Lipinski definition) is 1. The Morgan fingerprint density at radius 2 is 1.73 bits per heavy atom. The first-order valence-electron chi connectivity index (χ1n) is 12.1. The predicted octanol–water partition coefficient (Wildman–Crippen LogP) is 3.30. The number of fused-ring (bicyclic) bond motifs is 1. The van der Waals surface area contributed by atoms with Crippen molar-refractivity contribution in [2.45, 2.75) is 45.3 Å². The molecular formula is C26H30F3N5O3. The quantitative estimate of drug-likeness (QED) is 0.661. The molecule has 4 rings (SSSR count). The minimum Gasteiger partial charge on any atom is -0.333 e. The monoisotopic (exact) mass is 517 g/mol. The highest BCUT2D eigenvalue weighted by molar-refractivity contribution is 5.91. The fourth-order valence-corrected chi connectivity index (χ4v) is 4.92. The molecule has 2 fully saturated rings. The van der Waals surface area contributed by atoms with E-state index in [9.17, 15) is 27.6 Å². The van der Waals surface area contributed by atoms with Gasteiger partial charge >= 0.3 is 12.2 Å². The second-order valence-electron chi connectivity index (χ2n) is 9.69. The fourth-order valence-electron chi connectivity index (χ4n) is 4.92. The van der Waals surface area contributed by atoms with E-state index in [1.165, 1.54) is 32.0 Å². The van der Waals surface area contributed by atoms with Gasteiger partial charge in [0.25, 0.3) is 0 Å². The number of nitrogens with one attached hydrogen (secondary N) is 1. The molecule has 0 aliphatic carbocycles. The Morgan fingerprint density at radius 1 is 1.05 bits per heavy atom. The van der Waals surface area contributed by atoms with Crippen molar-refractivity contribution in [3.8, 4) is 0 Å². The van der Waals surface area contributed by atoms with Crippen molar-refractivity contribution in [3.63, 3.8) is 0 Å². The van der Waals surface area contributed by atoms with Gasteiger partial charge in [0, 0.05) is 20.1 Å². The number of urea groups is 1. The number of likely N-dealkylation sites (N-methyl/N-ethyl adjacent to an activating group) is 1. The summed E-state index contributed by atoms with van der Waals surface area (Å²) in [4.78, 5) is 42.8. The van der Waals surface area contributed by atoms with E-state index in [2.05, 4.69) is 5.32 Å². The van der Waals surface area contributed by atoms with Crippen LogP contribution in [0.5, 0.6) is 0 Å². The molecular weight excluding hydrogens is 487 g/mol. The Balaban J connectivity index is 1.62. The van der Waals surface area contributed by atoms with Gasteiger partial charge in [-0.2, -0.15) is 13.2 Å². The first kappa shape index (κ1) is 26.5. The van der Waals surface area contributed by atoms with Crippen molar-refractivity contribution in [2.75, 3.05) is 20.1 Å². The van der Waals surface area contributed by atoms with Crippen LogP contribution in [-0.4, -0.2) is 70.0 Å². The average Bonchev–Trinajstić information content (AvgIpc) is 2.83. The fraction of sp³-hybridized carbons (Fsp3) is 0.423. The van der Waals surface area contributed by atoms with Crippen LogP contribution in [0.25, 0.3) is 0 Å². The number of rotatable bonds is 5. The van der Waals surface area contributed by atoms with Crippen LogP contribution in [0, 0.1) is 5.92 Å². The van der Waals surface area contributed by atoms with Crippen molar-refractivity contribution >= 4 is 17.8 Å². The third-order valence-electron chi connectivity index (χ3n) is 6.63. The summed E-state index contributed by atoms with van der Waals surface area (Å²) >= 11 is 0. The number of amides is 4. The second-order valence-corrected chi connectivity index (χ2v) is 9.69. The summed E-state index contributed by atoms with van der Waals surface area (Å²) in [6, 6.07) is 12.9. The number of carbonyl (C=O) groups is 3. The van der Waals surface area contributed by atoms with Crippen LogP contribution in [0.2, 0.25) is 0 Å². The molecule has 2 aromatic rings. The van der Waals surface area contributed by atoms with Crippen molar-refractivity contribution in [2.24, 2.45) is 5.92 Å². The zero-order chi connectivity index (χ0) is 26.9. The van der Waals surface area contributed by atoms with Crippen LogP contribution in [0.15, 0.2) is 54.6 Å². The van der Waals surface area contributed by atoms with Crippen molar-refractivity contribution in [1.29, 1.82) is 0 Å². The number of hydrogen-bond acceptors (Lipinski definition) is 4. The van der Waals surface area contributed by atoms with E-state index in [0.29, 0.717) is 5.56 Å². The molecule has 11 heteroatoms. The summed E-state index contributed by atoms with van der Waals surface area (Å²) in [5, 5.41) is 5.81. The molecule has 0 radical (unpaired) electrons. The average molecular weight is 518 g/mol. The lowest BCUT2D eigenvalue weighted by atomic mass is 9.95. The Hall–Kier alpha value is -3.60. The van der Waals surface area contributed by atoms with Gasteiger partial charge in [-0.25, -0.2) is 14.8 Å². The first-order chi connectivity index (χ1) is 17.5. The maximum Gasteiger partial charge on any atom is 0.416 e. The van der Waals surface area contributed by atoms with Crippen molar-refractivity contribution in [3.05, 3.63) is 71.3 Å². The van der Waals surface area contributed by atoms with Gasteiger partial charge in [0.2, 0.25) is 11.8 Å². The number of benzene rings is 2. The molecule has 0 spiro atoms. The van der Waals surface area contributed by atoms with Gasteiger partial charge in [-0.05, 0) is 29.2 Å². The Bertz CT molecular complexity index is 1160. The number of hydrazine groups is 1. The lowest BCUT2D eigenvalue weighted by molar-refractivity contribution is -0.190. The zero-order valence-corrected chi connectivity index (χ0v) is 20.9. The SMILES string of the molecule is CC(C)[C@H]1C(=O)N(Cc2cccc(C(F)(F)F)c2)C[C@H]2N1C(=O)CN(C)N2C(=O)NCc1ccccc1. The van der Waals surface area contributed by atoms with Gasteiger partial charge in [0.1, 0.15) is 12.2 Å². The third kappa shape index (κ3) is 5.56. The van der Waals surface area contributed by atoms with Crippen LogP contribution < -0.4 is 5.32 Å². The molecule has 37 heavy (non-hydrogen) atoms. The maximum atomic E-state index is 13.5. The highest BCUT2D eigenvalue weighted by Gasteiger charge is 2.51. The van der Waals surface area contributed by atoms with E-state index in [1.807, 2.05) is 30.3 Å². The molecule has 2 heterocycles. The van der Waals surface area contributed by atoms with E-state index >= 15 is 0 Å². The molecule has 2 aliphatic rings. The lowest BCUT2D eigenvalue weighted by Gasteiger charge is -2.55. The van der Waals surface area contributed by atoms with Crippen molar-refractivity contribution < 1.29 is 27.6 Å². The Kier molecular flexibility index (Phi) is 7.44. The maximum absolute atomic E-state index is 13.5. The minimum absolute atomic E-state index is 0.0346. The largest absolute Gasteiger partial charge is 0.416 e. The Labute approximate surface area is 213 Å². The van der Waals surface area contributed by atoms with Crippen LogP contribution in [0.4, 0.5) is 18.0 Å². The van der Waals surface area contributed by atoms with Crippen LogP contribution in [-0.2, 0) is 28.9 Å². The molecule has 8 nitrogen and oxygen atoms in total. The summed E-state index contributed by atoms with van der Waals surface area (Å²) in [6.07, 6.45) is -5.32. The van der Waals surface area contributed by atoms with E-state index in [1.54, 1.807) is 20.9 Å². The lowest BCUT2D eigenvalue weighted by Crippen LogP contribution is -2.76. The molecule has 2 aromatic carbocycles. The number of alkyl halides is 3. The van der Waals surface area contributed by atoms with Crippen LogP contribution >= 0.6 is 0 Å². The number of nitrogens with zero attached hydrogens (tertiary/aromatic N) is 4. The number of carbonyl (C=O) groups excluding carboxylic acids is 3. The van der Waals surface area contributed by atoms with E-state index in [0.717, 1.165) is 17.7 Å². The van der Waals surface area contributed by atoms with Gasteiger partial charge in [-0.1, -0.05) is 56.3 Å². The van der Waals surface area contributed by atoms with Gasteiger partial charge in [-0.15, -0.1) is 0 Å². The normalized spacial score (nSPS) is 20.9. The zero-order valence-electron chi connectivity index (χ0n) is 20.9. The summed E-state index contributed by atoms with van der Waals surface area (Å²) in [7, 11) is 1.62. The summed E-state index contributed by atoms with van der Waals surface area (Å²) in [6.45, 7) is 3.68. The van der Waals surface area contributed by atoms with Gasteiger partial charge in [-0.3, -0.25) is 9.59 Å². The summed E-state index contributed by atoms with van der Waals surface area (Å²) in [5.41, 5.74) is 0.411. The van der Waals surface area contributed by atoms with Crippen LogP contribution in [0.1, 0.15) is 30.5 Å². The minimum atomic E-state index is -4.51. The molecule has 2 saturated heterocycles. The van der Waals surface area contributed by atoms with Crippen molar-refractivity contribution in [1.82, 2.24) is 25.1 Å². The Morgan fingerprint density at radius 3 is 2.38 bits per heavy atom. The summed E-state index contributed by atoms with van der Waals surface area (Å²) in [5.74, 6) is -0.919. The molecule has 4 amide bonds. The molecule has 0 saturated carbocycles. The smallest absolute Gasteiger partial charge is 0.333 e. The van der Waals surface area contributed by atoms with E-state index < -0.39 is 30.0 Å². The van der Waals surface area contributed by atoms with E-state index in [4.69, 9.17) is 0 Å². The number of halogens is 3. The highest BCUT2D eigenvalue weighted by atomic mass is 19.4. The van der Waals surface area contributed by atoms with Gasteiger partial charge in [0.15, 0.2) is 0 Å². The van der Waals surface area contributed by atoms with Gasteiger partial charge < -0.3 is 15.1 Å². The molecule has 1 N–H and O–H groups in total. The molecule has 0 aromatic heterocycles. The molecule has 2 aliphatic heterocycles. The van der Waals surface area contributed by atoms with Gasteiger partial charge in [0.05, 0.1) is 18.7 Å².